The third-order valence-electron chi connectivity index (χ3n) is 7.21. The van der Waals surface area contributed by atoms with E-state index in [1.165, 1.54) is 4.90 Å². The van der Waals surface area contributed by atoms with Crippen molar-refractivity contribution in [3.05, 3.63) is 70.2 Å². The van der Waals surface area contributed by atoms with Crippen LogP contribution in [-0.2, 0) is 9.59 Å². The van der Waals surface area contributed by atoms with Crippen molar-refractivity contribution in [3.8, 4) is 0 Å². The Balaban J connectivity index is 1.28. The maximum Gasteiger partial charge on any atom is 0.255 e. The molecular weight excluding hydrogens is 435 g/mol. The van der Waals surface area contributed by atoms with Crippen LogP contribution in [0.2, 0.25) is 10.0 Å². The predicted octanol–water partition coefficient (Wildman–Crippen LogP) is 4.80. The Morgan fingerprint density at radius 3 is 2.26 bits per heavy atom. The van der Waals surface area contributed by atoms with Gasteiger partial charge in [-0.3, -0.25) is 14.4 Å². The van der Waals surface area contributed by atoms with E-state index in [9.17, 15) is 14.4 Å². The standard InChI is InChI=1S/C24H18Cl2N2O3/c25-12-4-7-19(18(26)9-12)27-22(29)11-2-1-3-13(8-11)28-23(30)20-14-5-6-15(17-10-16(14)17)21(20)24(28)31/h1-9,14-17,20-21H,10H2,(H,27,29)/t14-,15+,16-,17-,20+,21-/m1/s1. The largest absolute Gasteiger partial charge is 0.321 e. The number of carbonyl (C=O) groups excluding carboxylic acids is 3. The molecule has 3 amide bonds. The first-order valence-electron chi connectivity index (χ1n) is 10.4. The highest BCUT2D eigenvalue weighted by Crippen LogP contribution is 2.65. The van der Waals surface area contributed by atoms with E-state index >= 15 is 0 Å². The second kappa shape index (κ2) is 6.68. The van der Waals surface area contributed by atoms with E-state index in [1.54, 1.807) is 42.5 Å². The molecule has 6 atom stereocenters. The van der Waals surface area contributed by atoms with Crippen LogP contribution in [0.4, 0.5) is 11.4 Å². The number of nitrogens with one attached hydrogen (secondary N) is 1. The Labute approximate surface area is 189 Å². The number of hydrogen-bond donors (Lipinski definition) is 1. The topological polar surface area (TPSA) is 66.5 Å². The summed E-state index contributed by atoms with van der Waals surface area (Å²) in [4.78, 5) is 40.7. The molecule has 7 rings (SSSR count). The van der Waals surface area contributed by atoms with E-state index in [0.29, 0.717) is 38.8 Å². The molecule has 1 heterocycles. The highest BCUT2D eigenvalue weighted by Gasteiger charge is 2.67. The fraction of sp³-hybridized carbons (Fsp3) is 0.292. The smallest absolute Gasteiger partial charge is 0.255 e. The van der Waals surface area contributed by atoms with E-state index in [4.69, 9.17) is 23.2 Å². The zero-order chi connectivity index (χ0) is 21.4. The third-order valence-corrected chi connectivity index (χ3v) is 7.76. The quantitative estimate of drug-likeness (QED) is 0.536. The summed E-state index contributed by atoms with van der Waals surface area (Å²) in [6.45, 7) is 0. The Kier molecular flexibility index (Phi) is 4.11. The summed E-state index contributed by atoms with van der Waals surface area (Å²) in [6, 6.07) is 11.4. The number of halogens is 2. The minimum atomic E-state index is -0.384. The van der Waals surface area contributed by atoms with E-state index in [-0.39, 0.29) is 41.4 Å². The Morgan fingerprint density at radius 2 is 1.61 bits per heavy atom. The van der Waals surface area contributed by atoms with E-state index in [2.05, 4.69) is 17.5 Å². The van der Waals surface area contributed by atoms with Crippen LogP contribution in [0.25, 0.3) is 0 Å². The van der Waals surface area contributed by atoms with Gasteiger partial charge in [-0.1, -0.05) is 41.4 Å². The van der Waals surface area contributed by atoms with Gasteiger partial charge < -0.3 is 5.32 Å². The van der Waals surface area contributed by atoms with Gasteiger partial charge in [-0.25, -0.2) is 4.90 Å². The molecule has 0 spiro atoms. The van der Waals surface area contributed by atoms with Gasteiger partial charge in [0.25, 0.3) is 5.91 Å². The molecule has 0 unspecified atom stereocenters. The summed E-state index contributed by atoms with van der Waals surface area (Å²) < 4.78 is 0. The van der Waals surface area contributed by atoms with Crippen molar-refractivity contribution < 1.29 is 14.4 Å². The average Bonchev–Trinajstić information content (AvgIpc) is 3.53. The van der Waals surface area contributed by atoms with Crippen molar-refractivity contribution in [1.29, 1.82) is 0 Å². The van der Waals surface area contributed by atoms with Crippen molar-refractivity contribution in [2.45, 2.75) is 6.42 Å². The van der Waals surface area contributed by atoms with Crippen LogP contribution in [-0.4, -0.2) is 17.7 Å². The number of anilines is 2. The van der Waals surface area contributed by atoms with Crippen LogP contribution in [0.1, 0.15) is 16.8 Å². The van der Waals surface area contributed by atoms with Crippen molar-refractivity contribution in [2.24, 2.45) is 35.5 Å². The number of carbonyl (C=O) groups is 3. The lowest BCUT2D eigenvalue weighted by Gasteiger charge is -2.37. The molecule has 2 aromatic rings. The molecule has 2 aromatic carbocycles. The maximum absolute atomic E-state index is 13.3. The van der Waals surface area contributed by atoms with Crippen molar-refractivity contribution in [3.63, 3.8) is 0 Å². The highest BCUT2D eigenvalue weighted by atomic mass is 35.5. The molecular formula is C24H18Cl2N2O3. The fourth-order valence-electron chi connectivity index (χ4n) is 5.78. The normalized spacial score (nSPS) is 32.1. The Morgan fingerprint density at radius 1 is 0.935 bits per heavy atom. The SMILES string of the molecule is O=C(Nc1ccc(Cl)cc1Cl)c1cccc(N2C(=O)[C@@H]3[C@H]4C=C[C@H]([C@H]5C[C@H]45)[C@@H]3C2=O)c1. The Hall–Kier alpha value is -2.63. The number of hydrogen-bond acceptors (Lipinski definition) is 3. The number of allylic oxidation sites excluding steroid dienone is 2. The van der Waals surface area contributed by atoms with Gasteiger partial charge in [0.05, 0.1) is 28.2 Å². The molecule has 5 aliphatic rings. The lowest BCUT2D eigenvalue weighted by Crippen LogP contribution is -2.40. The van der Waals surface area contributed by atoms with Crippen molar-refractivity contribution in [2.75, 3.05) is 10.2 Å². The summed E-state index contributed by atoms with van der Waals surface area (Å²) in [5, 5.41) is 3.55. The molecule has 7 heteroatoms. The molecule has 3 fully saturated rings. The van der Waals surface area contributed by atoms with Crippen LogP contribution in [0.3, 0.4) is 0 Å². The van der Waals surface area contributed by atoms with Gasteiger partial charge in [0, 0.05) is 10.6 Å². The van der Waals surface area contributed by atoms with Gasteiger partial charge in [-0.15, -0.1) is 0 Å². The number of rotatable bonds is 3. The summed E-state index contributed by atoms with van der Waals surface area (Å²) in [5.74, 6) is 0.234. The monoisotopic (exact) mass is 452 g/mol. The van der Waals surface area contributed by atoms with Crippen molar-refractivity contribution in [1.82, 2.24) is 0 Å². The van der Waals surface area contributed by atoms with Crippen LogP contribution in [0.5, 0.6) is 0 Å². The number of nitrogens with zero attached hydrogens (tertiary/aromatic N) is 1. The first kappa shape index (κ1) is 19.1. The van der Waals surface area contributed by atoms with Crippen molar-refractivity contribution >= 4 is 52.3 Å². The summed E-state index contributed by atoms with van der Waals surface area (Å²) in [5.41, 5.74) is 1.21. The zero-order valence-corrected chi connectivity index (χ0v) is 17.8. The molecule has 1 saturated heterocycles. The van der Waals surface area contributed by atoms with Gasteiger partial charge in [0.1, 0.15) is 0 Å². The van der Waals surface area contributed by atoms with Crippen LogP contribution in [0.15, 0.2) is 54.6 Å². The molecule has 4 aliphatic carbocycles. The molecule has 1 N–H and O–H groups in total. The Bertz CT molecular complexity index is 1160. The molecule has 2 bridgehead atoms. The van der Waals surface area contributed by atoms with E-state index in [1.807, 2.05) is 0 Å². The lowest BCUT2D eigenvalue weighted by atomic mass is 9.63. The van der Waals surface area contributed by atoms with Gasteiger partial charge in [-0.2, -0.15) is 0 Å². The van der Waals surface area contributed by atoms with Crippen LogP contribution < -0.4 is 10.2 Å². The van der Waals surface area contributed by atoms with Gasteiger partial charge in [0.2, 0.25) is 11.8 Å². The first-order valence-corrected chi connectivity index (χ1v) is 11.1. The van der Waals surface area contributed by atoms with E-state index in [0.717, 1.165) is 6.42 Å². The average molecular weight is 453 g/mol. The van der Waals surface area contributed by atoms with Gasteiger partial charge >= 0.3 is 0 Å². The minimum absolute atomic E-state index is 0.141. The second-order valence-electron chi connectivity index (χ2n) is 8.80. The lowest BCUT2D eigenvalue weighted by molar-refractivity contribution is -0.124. The van der Waals surface area contributed by atoms with E-state index < -0.39 is 0 Å². The molecule has 0 aromatic heterocycles. The molecule has 156 valence electrons. The zero-order valence-electron chi connectivity index (χ0n) is 16.3. The first-order chi connectivity index (χ1) is 14.9. The van der Waals surface area contributed by atoms with Gasteiger partial charge in [-0.05, 0) is 66.5 Å². The summed E-state index contributed by atoms with van der Waals surface area (Å²) in [6.07, 6.45) is 5.42. The molecule has 31 heavy (non-hydrogen) atoms. The fourth-order valence-corrected chi connectivity index (χ4v) is 6.24. The van der Waals surface area contributed by atoms with Crippen LogP contribution in [0, 0.1) is 35.5 Å². The minimum Gasteiger partial charge on any atom is -0.321 e. The number of amides is 3. The molecule has 2 saturated carbocycles. The predicted molar refractivity (Wildman–Crippen MR) is 118 cm³/mol. The maximum atomic E-state index is 13.3. The summed E-state index contributed by atoms with van der Waals surface area (Å²) >= 11 is 12.1. The number of benzene rings is 2. The molecule has 5 nitrogen and oxygen atoms in total. The third kappa shape index (κ3) is 2.80. The number of imide groups is 1. The van der Waals surface area contributed by atoms with Gasteiger partial charge in [0.15, 0.2) is 0 Å². The second-order valence-corrected chi connectivity index (χ2v) is 9.64. The molecule has 0 radical (unpaired) electrons. The molecule has 1 aliphatic heterocycles. The highest BCUT2D eigenvalue weighted by molar-refractivity contribution is 6.36. The van der Waals surface area contributed by atoms with Crippen LogP contribution >= 0.6 is 23.2 Å². The summed E-state index contributed by atoms with van der Waals surface area (Å²) in [7, 11) is 0.